The summed E-state index contributed by atoms with van der Waals surface area (Å²) in [6.45, 7) is 2.09. The number of nitrogens with one attached hydrogen (secondary N) is 2. The second-order valence-electron chi connectivity index (χ2n) is 5.26. The van der Waals surface area contributed by atoms with Gasteiger partial charge in [-0.1, -0.05) is 23.8 Å². The average molecular weight is 324 g/mol. The maximum absolute atomic E-state index is 11.9. The lowest BCUT2D eigenvalue weighted by Crippen LogP contribution is -2.40. The number of aryl methyl sites for hydroxylation is 1. The molecule has 0 saturated heterocycles. The van der Waals surface area contributed by atoms with Crippen LogP contribution in [0.5, 0.6) is 11.5 Å². The van der Waals surface area contributed by atoms with Gasteiger partial charge < -0.3 is 9.47 Å². The van der Waals surface area contributed by atoms with E-state index in [4.69, 9.17) is 9.47 Å². The Hall–Kier alpha value is -3.28. The molecule has 0 aliphatic carbocycles. The Morgan fingerprint density at radius 2 is 1.88 bits per heavy atom. The molecule has 1 heterocycles. The summed E-state index contributed by atoms with van der Waals surface area (Å²) in [5, 5.41) is 0. The van der Waals surface area contributed by atoms with E-state index in [1.54, 1.807) is 36.4 Å². The first kappa shape index (κ1) is 15.6. The maximum atomic E-state index is 11.9. The molecule has 2 aromatic rings. The first-order valence-electron chi connectivity index (χ1n) is 7.36. The lowest BCUT2D eigenvalue weighted by atomic mass is 10.1. The Bertz CT molecular complexity index is 814. The van der Waals surface area contributed by atoms with Crippen LogP contribution in [0.1, 0.15) is 21.5 Å². The van der Waals surface area contributed by atoms with Crippen molar-refractivity contribution >= 4 is 17.9 Å². The predicted molar refractivity (Wildman–Crippen MR) is 88.4 cm³/mol. The van der Waals surface area contributed by atoms with Crippen molar-refractivity contribution in [1.29, 1.82) is 0 Å². The van der Waals surface area contributed by atoms with Crippen molar-refractivity contribution in [2.75, 3.05) is 6.79 Å². The molecule has 6 heteroatoms. The van der Waals surface area contributed by atoms with Gasteiger partial charge in [0.15, 0.2) is 11.5 Å². The lowest BCUT2D eigenvalue weighted by molar-refractivity contribution is -0.117. The van der Waals surface area contributed by atoms with E-state index >= 15 is 0 Å². The van der Waals surface area contributed by atoms with Crippen molar-refractivity contribution in [2.24, 2.45) is 0 Å². The Kier molecular flexibility index (Phi) is 4.47. The molecule has 3 rings (SSSR count). The number of rotatable bonds is 3. The van der Waals surface area contributed by atoms with Crippen molar-refractivity contribution in [1.82, 2.24) is 10.9 Å². The van der Waals surface area contributed by atoms with E-state index in [1.807, 2.05) is 19.1 Å². The van der Waals surface area contributed by atoms with Gasteiger partial charge in [-0.15, -0.1) is 0 Å². The minimum absolute atomic E-state index is 0.202. The molecule has 2 N–H and O–H groups in total. The third-order valence-electron chi connectivity index (χ3n) is 3.40. The molecular weight excluding hydrogens is 308 g/mol. The average Bonchev–Trinajstić information content (AvgIpc) is 3.05. The van der Waals surface area contributed by atoms with Crippen molar-refractivity contribution in [3.8, 4) is 11.5 Å². The van der Waals surface area contributed by atoms with Crippen molar-refractivity contribution < 1.29 is 19.1 Å². The van der Waals surface area contributed by atoms with Crippen LogP contribution in [0.3, 0.4) is 0 Å². The van der Waals surface area contributed by atoms with Gasteiger partial charge in [-0.2, -0.15) is 0 Å². The lowest BCUT2D eigenvalue weighted by Gasteiger charge is -2.05. The molecule has 6 nitrogen and oxygen atoms in total. The zero-order valence-corrected chi connectivity index (χ0v) is 13.0. The van der Waals surface area contributed by atoms with E-state index in [0.29, 0.717) is 17.1 Å². The fourth-order valence-electron chi connectivity index (χ4n) is 2.21. The summed E-state index contributed by atoms with van der Waals surface area (Å²) >= 11 is 0. The van der Waals surface area contributed by atoms with Gasteiger partial charge >= 0.3 is 0 Å². The normalized spacial score (nSPS) is 12.2. The number of amides is 2. The van der Waals surface area contributed by atoms with E-state index in [0.717, 1.165) is 11.1 Å². The number of benzene rings is 2. The highest BCUT2D eigenvalue weighted by Crippen LogP contribution is 2.32. The van der Waals surface area contributed by atoms with Crippen LogP contribution in [0, 0.1) is 6.92 Å². The van der Waals surface area contributed by atoms with E-state index in [1.165, 1.54) is 6.08 Å². The molecule has 2 amide bonds. The first-order chi connectivity index (χ1) is 11.6. The van der Waals surface area contributed by atoms with Crippen LogP contribution in [-0.4, -0.2) is 18.6 Å². The van der Waals surface area contributed by atoms with E-state index in [9.17, 15) is 9.59 Å². The summed E-state index contributed by atoms with van der Waals surface area (Å²) in [4.78, 5) is 23.7. The molecule has 0 aromatic heterocycles. The van der Waals surface area contributed by atoms with Gasteiger partial charge in [0.1, 0.15) is 0 Å². The summed E-state index contributed by atoms with van der Waals surface area (Å²) in [5.41, 5.74) is 6.95. The summed E-state index contributed by atoms with van der Waals surface area (Å²) in [6.07, 6.45) is 2.95. The van der Waals surface area contributed by atoms with Gasteiger partial charge in [0.05, 0.1) is 0 Å². The van der Waals surface area contributed by atoms with E-state index < -0.39 is 5.91 Å². The molecule has 0 unspecified atom stereocenters. The van der Waals surface area contributed by atoms with Gasteiger partial charge in [0, 0.05) is 11.6 Å². The topological polar surface area (TPSA) is 76.7 Å². The fourth-order valence-corrected chi connectivity index (χ4v) is 2.21. The molecule has 1 aliphatic heterocycles. The summed E-state index contributed by atoms with van der Waals surface area (Å²) < 4.78 is 10.5. The zero-order chi connectivity index (χ0) is 16.9. The summed E-state index contributed by atoms with van der Waals surface area (Å²) in [5.74, 6) is 0.518. The second kappa shape index (κ2) is 6.87. The molecule has 0 atom stereocenters. The minimum Gasteiger partial charge on any atom is -0.454 e. The van der Waals surface area contributed by atoms with Crippen LogP contribution < -0.4 is 20.3 Å². The molecule has 122 valence electrons. The number of carbonyl (C=O) groups is 2. The number of carbonyl (C=O) groups excluding carboxylic acids is 2. The van der Waals surface area contributed by atoms with Gasteiger partial charge in [0.2, 0.25) is 6.79 Å². The number of ether oxygens (including phenoxy) is 2. The van der Waals surface area contributed by atoms with Crippen LogP contribution in [0.25, 0.3) is 6.08 Å². The quantitative estimate of drug-likeness (QED) is 0.670. The molecule has 0 spiro atoms. The number of hydrogen-bond donors (Lipinski definition) is 2. The largest absolute Gasteiger partial charge is 0.454 e. The smallest absolute Gasteiger partial charge is 0.269 e. The number of hydrazine groups is 1. The third kappa shape index (κ3) is 3.73. The fraction of sp³-hybridized carbons (Fsp3) is 0.111. The Balaban J connectivity index is 1.55. The monoisotopic (exact) mass is 324 g/mol. The highest BCUT2D eigenvalue weighted by molar-refractivity contribution is 5.98. The van der Waals surface area contributed by atoms with Crippen LogP contribution in [0.4, 0.5) is 0 Å². The molecule has 1 aliphatic rings. The maximum Gasteiger partial charge on any atom is 0.269 e. The third-order valence-corrected chi connectivity index (χ3v) is 3.40. The highest BCUT2D eigenvalue weighted by atomic mass is 16.7. The molecule has 0 bridgehead atoms. The van der Waals surface area contributed by atoms with Crippen molar-refractivity contribution in [3.63, 3.8) is 0 Å². The summed E-state index contributed by atoms with van der Waals surface area (Å²) in [7, 11) is 0. The second-order valence-corrected chi connectivity index (χ2v) is 5.26. The Labute approximate surface area is 139 Å². The van der Waals surface area contributed by atoms with Crippen molar-refractivity contribution in [2.45, 2.75) is 6.92 Å². The van der Waals surface area contributed by atoms with Crippen LogP contribution in [-0.2, 0) is 4.79 Å². The van der Waals surface area contributed by atoms with Gasteiger partial charge in [-0.05, 0) is 42.8 Å². The molecular formula is C18H16N2O4. The molecule has 0 fully saturated rings. The molecule has 0 saturated carbocycles. The van der Waals surface area contributed by atoms with Crippen LogP contribution >= 0.6 is 0 Å². The predicted octanol–water partition coefficient (Wildman–Crippen LogP) is 2.20. The van der Waals surface area contributed by atoms with Crippen molar-refractivity contribution in [3.05, 3.63) is 65.2 Å². The zero-order valence-electron chi connectivity index (χ0n) is 13.0. The van der Waals surface area contributed by atoms with Gasteiger partial charge in [-0.25, -0.2) is 0 Å². The number of hydrogen-bond acceptors (Lipinski definition) is 4. The summed E-state index contributed by atoms with van der Waals surface area (Å²) in [6, 6.07) is 12.5. The standard InChI is InChI=1S/C18H16N2O4/c1-12-3-2-4-14(9-12)18(22)20-19-17(21)8-6-13-5-7-15-16(10-13)24-11-23-15/h2-10H,11H2,1H3,(H,19,21)(H,20,22)/b8-6+. The van der Waals surface area contributed by atoms with E-state index in [-0.39, 0.29) is 12.7 Å². The van der Waals surface area contributed by atoms with E-state index in [2.05, 4.69) is 10.9 Å². The van der Waals surface area contributed by atoms with Crippen LogP contribution in [0.2, 0.25) is 0 Å². The minimum atomic E-state index is -0.436. The number of fused-ring (bicyclic) bond motifs is 1. The molecule has 24 heavy (non-hydrogen) atoms. The van der Waals surface area contributed by atoms with Crippen LogP contribution in [0.15, 0.2) is 48.5 Å². The highest BCUT2D eigenvalue weighted by Gasteiger charge is 2.12. The molecule has 0 radical (unpaired) electrons. The molecule has 2 aromatic carbocycles. The SMILES string of the molecule is Cc1cccc(C(=O)NNC(=O)/C=C/c2ccc3c(c2)OCO3)c1. The Morgan fingerprint density at radius 3 is 2.71 bits per heavy atom. The van der Waals surface area contributed by atoms with Gasteiger partial charge in [0.25, 0.3) is 11.8 Å². The van der Waals surface area contributed by atoms with Gasteiger partial charge in [-0.3, -0.25) is 20.4 Å². The Morgan fingerprint density at radius 1 is 1.04 bits per heavy atom. The first-order valence-corrected chi connectivity index (χ1v) is 7.36.